The third kappa shape index (κ3) is 2.76. The monoisotopic (exact) mass is 219 g/mol. The van der Waals surface area contributed by atoms with E-state index in [2.05, 4.69) is 27.4 Å². The molecule has 0 saturated carbocycles. The van der Waals surface area contributed by atoms with E-state index in [4.69, 9.17) is 0 Å². The van der Waals surface area contributed by atoms with Crippen LogP contribution in [0.1, 0.15) is 10.4 Å². The van der Waals surface area contributed by atoms with Crippen molar-refractivity contribution >= 4 is 16.5 Å². The van der Waals surface area contributed by atoms with E-state index in [9.17, 15) is 0 Å². The first-order valence-electron chi connectivity index (χ1n) is 4.90. The fraction of sp³-hybridized carbons (Fsp3) is 0.273. The summed E-state index contributed by atoms with van der Waals surface area (Å²) in [4.78, 5) is 9.56. The maximum Gasteiger partial charge on any atom is 0.182 e. The predicted octanol–water partition coefficient (Wildman–Crippen LogP) is 2.37. The molecule has 0 spiro atoms. The molecular weight excluding hydrogens is 206 g/mol. The predicted molar refractivity (Wildman–Crippen MR) is 63.3 cm³/mol. The summed E-state index contributed by atoms with van der Waals surface area (Å²) in [5.74, 6) is 0. The molecule has 4 heteroatoms. The van der Waals surface area contributed by atoms with Crippen LogP contribution >= 0.6 is 11.3 Å². The average molecular weight is 219 g/mol. The highest BCUT2D eigenvalue weighted by atomic mass is 32.1. The van der Waals surface area contributed by atoms with Gasteiger partial charge in [0.2, 0.25) is 0 Å². The van der Waals surface area contributed by atoms with Gasteiger partial charge in [0, 0.05) is 30.5 Å². The number of rotatable bonds is 4. The number of nitrogens with zero attached hydrogens (tertiary/aromatic N) is 2. The first-order valence-corrected chi connectivity index (χ1v) is 5.71. The molecule has 0 atom stereocenters. The molecule has 2 rings (SSSR count). The molecule has 1 N–H and O–H groups in total. The van der Waals surface area contributed by atoms with Gasteiger partial charge in [-0.3, -0.25) is 4.98 Å². The van der Waals surface area contributed by atoms with Gasteiger partial charge in [0.25, 0.3) is 0 Å². The van der Waals surface area contributed by atoms with Crippen LogP contribution in [-0.4, -0.2) is 17.0 Å². The lowest BCUT2D eigenvalue weighted by Crippen LogP contribution is -1.88. The zero-order valence-corrected chi connectivity index (χ0v) is 9.42. The maximum absolute atomic E-state index is 4.24. The number of hydrogen-bond acceptors (Lipinski definition) is 4. The molecule has 15 heavy (non-hydrogen) atoms. The van der Waals surface area contributed by atoms with Crippen molar-refractivity contribution in [3.05, 3.63) is 41.2 Å². The Morgan fingerprint density at radius 3 is 2.73 bits per heavy atom. The highest BCUT2D eigenvalue weighted by Gasteiger charge is 2.00. The van der Waals surface area contributed by atoms with E-state index in [0.717, 1.165) is 18.0 Å². The van der Waals surface area contributed by atoms with Gasteiger partial charge in [0.15, 0.2) is 5.13 Å². The molecule has 0 aliphatic carbocycles. The van der Waals surface area contributed by atoms with Crippen LogP contribution in [0.4, 0.5) is 5.13 Å². The molecule has 0 aliphatic heterocycles. The Kier molecular flexibility index (Phi) is 3.29. The molecule has 0 bridgehead atoms. The fourth-order valence-electron chi connectivity index (χ4n) is 1.36. The molecule has 2 aromatic heterocycles. The SMILES string of the molecule is CNc1ncc(CCc2ccncc2)s1. The molecule has 0 saturated heterocycles. The number of aromatic nitrogens is 2. The van der Waals surface area contributed by atoms with Crippen LogP contribution in [0.3, 0.4) is 0 Å². The molecule has 3 nitrogen and oxygen atoms in total. The summed E-state index contributed by atoms with van der Waals surface area (Å²) in [7, 11) is 1.89. The van der Waals surface area contributed by atoms with Crippen LogP contribution in [0, 0.1) is 0 Å². The van der Waals surface area contributed by atoms with Crippen molar-refractivity contribution < 1.29 is 0 Å². The lowest BCUT2D eigenvalue weighted by Gasteiger charge is -1.97. The third-order valence-corrected chi connectivity index (χ3v) is 3.25. The van der Waals surface area contributed by atoms with E-state index in [1.807, 2.05) is 25.6 Å². The minimum atomic E-state index is 0.986. The highest BCUT2D eigenvalue weighted by Crippen LogP contribution is 2.18. The van der Waals surface area contributed by atoms with Crippen molar-refractivity contribution in [3.63, 3.8) is 0 Å². The highest BCUT2D eigenvalue weighted by molar-refractivity contribution is 7.15. The van der Waals surface area contributed by atoms with Crippen LogP contribution in [0.5, 0.6) is 0 Å². The average Bonchev–Trinajstić information content (AvgIpc) is 2.76. The van der Waals surface area contributed by atoms with Gasteiger partial charge >= 0.3 is 0 Å². The van der Waals surface area contributed by atoms with Crippen molar-refractivity contribution in [3.8, 4) is 0 Å². The summed E-state index contributed by atoms with van der Waals surface area (Å²) in [6.07, 6.45) is 7.71. The number of aryl methyl sites for hydroxylation is 2. The Morgan fingerprint density at radius 2 is 2.07 bits per heavy atom. The van der Waals surface area contributed by atoms with Crippen molar-refractivity contribution in [2.75, 3.05) is 12.4 Å². The zero-order chi connectivity index (χ0) is 10.5. The molecule has 0 radical (unpaired) electrons. The molecule has 0 unspecified atom stereocenters. The first-order chi connectivity index (χ1) is 7.38. The molecule has 0 amide bonds. The van der Waals surface area contributed by atoms with Crippen molar-refractivity contribution in [2.45, 2.75) is 12.8 Å². The van der Waals surface area contributed by atoms with Crippen LogP contribution in [0.15, 0.2) is 30.7 Å². The van der Waals surface area contributed by atoms with E-state index in [1.54, 1.807) is 11.3 Å². The minimum absolute atomic E-state index is 0.986. The van der Waals surface area contributed by atoms with Crippen molar-refractivity contribution in [1.29, 1.82) is 0 Å². The van der Waals surface area contributed by atoms with Gasteiger partial charge in [-0.05, 0) is 30.5 Å². The van der Waals surface area contributed by atoms with Gasteiger partial charge in [0.05, 0.1) is 0 Å². The maximum atomic E-state index is 4.24. The number of anilines is 1. The Hall–Kier alpha value is -1.42. The summed E-state index contributed by atoms with van der Waals surface area (Å²) in [6, 6.07) is 4.11. The first kappa shape index (κ1) is 10.1. The summed E-state index contributed by atoms with van der Waals surface area (Å²) in [5, 5.41) is 4.03. The topological polar surface area (TPSA) is 37.8 Å². The van der Waals surface area contributed by atoms with Gasteiger partial charge in [-0.15, -0.1) is 11.3 Å². The largest absolute Gasteiger partial charge is 0.365 e. The van der Waals surface area contributed by atoms with E-state index in [-0.39, 0.29) is 0 Å². The number of thiazole rings is 1. The lowest BCUT2D eigenvalue weighted by atomic mass is 10.1. The minimum Gasteiger partial charge on any atom is -0.365 e. The molecular formula is C11H13N3S. The van der Waals surface area contributed by atoms with Gasteiger partial charge in [0.1, 0.15) is 0 Å². The van der Waals surface area contributed by atoms with Crippen LogP contribution in [0.2, 0.25) is 0 Å². The van der Waals surface area contributed by atoms with Crippen LogP contribution in [-0.2, 0) is 12.8 Å². The Bertz CT molecular complexity index is 411. The Labute approximate surface area is 93.2 Å². The van der Waals surface area contributed by atoms with Crippen LogP contribution < -0.4 is 5.32 Å². The van der Waals surface area contributed by atoms with Gasteiger partial charge in [-0.2, -0.15) is 0 Å². The van der Waals surface area contributed by atoms with Crippen molar-refractivity contribution in [2.24, 2.45) is 0 Å². The van der Waals surface area contributed by atoms with E-state index >= 15 is 0 Å². The molecule has 2 heterocycles. The molecule has 78 valence electrons. The van der Waals surface area contributed by atoms with Gasteiger partial charge in [-0.1, -0.05) is 0 Å². The van der Waals surface area contributed by atoms with E-state index < -0.39 is 0 Å². The van der Waals surface area contributed by atoms with Crippen molar-refractivity contribution in [1.82, 2.24) is 9.97 Å². The molecule has 0 fully saturated rings. The number of nitrogens with one attached hydrogen (secondary N) is 1. The summed E-state index contributed by atoms with van der Waals surface area (Å²) in [5.41, 5.74) is 1.32. The second kappa shape index (κ2) is 4.89. The third-order valence-electron chi connectivity index (χ3n) is 2.18. The second-order valence-electron chi connectivity index (χ2n) is 3.24. The smallest absolute Gasteiger partial charge is 0.182 e. The molecule has 2 aromatic rings. The molecule has 0 aliphatic rings. The fourth-order valence-corrected chi connectivity index (χ4v) is 2.12. The number of hydrogen-bond donors (Lipinski definition) is 1. The summed E-state index contributed by atoms with van der Waals surface area (Å²) >= 11 is 1.71. The Morgan fingerprint density at radius 1 is 1.27 bits per heavy atom. The zero-order valence-electron chi connectivity index (χ0n) is 8.60. The van der Waals surface area contributed by atoms with Gasteiger partial charge < -0.3 is 5.32 Å². The standard InChI is InChI=1S/C11H13N3S/c1-12-11-14-8-10(15-11)3-2-9-4-6-13-7-5-9/h4-8H,2-3H2,1H3,(H,12,14). The lowest BCUT2D eigenvalue weighted by molar-refractivity contribution is 0.971. The second-order valence-corrected chi connectivity index (χ2v) is 4.35. The Balaban J connectivity index is 1.93. The number of pyridine rings is 1. The van der Waals surface area contributed by atoms with Gasteiger partial charge in [-0.25, -0.2) is 4.98 Å². The summed E-state index contributed by atoms with van der Waals surface area (Å²) in [6.45, 7) is 0. The van der Waals surface area contributed by atoms with E-state index in [0.29, 0.717) is 0 Å². The quantitative estimate of drug-likeness (QED) is 0.857. The van der Waals surface area contributed by atoms with Crippen LogP contribution in [0.25, 0.3) is 0 Å². The molecule has 0 aromatic carbocycles. The summed E-state index contributed by atoms with van der Waals surface area (Å²) < 4.78 is 0. The normalized spacial score (nSPS) is 10.2. The van der Waals surface area contributed by atoms with E-state index in [1.165, 1.54) is 10.4 Å².